The molecule has 1 saturated heterocycles. The molecule has 3 aliphatic rings. The van der Waals surface area contributed by atoms with Gasteiger partial charge in [0.05, 0.1) is 11.8 Å². The zero-order valence-electron chi connectivity index (χ0n) is 10.8. The van der Waals surface area contributed by atoms with Gasteiger partial charge in [0.1, 0.15) is 0 Å². The van der Waals surface area contributed by atoms with Crippen molar-refractivity contribution in [3.63, 3.8) is 0 Å². The number of fused-ring (bicyclic) bond motifs is 1. The number of amides is 2. The van der Waals surface area contributed by atoms with E-state index in [1.54, 1.807) is 0 Å². The third-order valence-electron chi connectivity index (χ3n) is 5.09. The minimum atomic E-state index is -0.0626. The molecule has 4 nitrogen and oxygen atoms in total. The van der Waals surface area contributed by atoms with E-state index in [4.69, 9.17) is 0 Å². The first kappa shape index (κ1) is 12.2. The molecule has 0 aromatic rings. The van der Waals surface area contributed by atoms with Crippen LogP contribution < -0.4 is 0 Å². The van der Waals surface area contributed by atoms with Gasteiger partial charge in [-0.15, -0.1) is 0 Å². The maximum atomic E-state index is 12.4. The van der Waals surface area contributed by atoms with Crippen molar-refractivity contribution < 1.29 is 14.7 Å². The molecule has 0 spiro atoms. The predicted molar refractivity (Wildman–Crippen MR) is 65.4 cm³/mol. The van der Waals surface area contributed by atoms with E-state index in [1.807, 2.05) is 0 Å². The average molecular weight is 251 g/mol. The van der Waals surface area contributed by atoms with Gasteiger partial charge in [0.25, 0.3) is 0 Å². The summed E-state index contributed by atoms with van der Waals surface area (Å²) >= 11 is 0. The van der Waals surface area contributed by atoms with Crippen molar-refractivity contribution in [2.45, 2.75) is 45.1 Å². The van der Waals surface area contributed by atoms with E-state index in [0.717, 1.165) is 32.1 Å². The van der Waals surface area contributed by atoms with Gasteiger partial charge in [-0.25, -0.2) is 0 Å². The van der Waals surface area contributed by atoms with Crippen LogP contribution in [0.4, 0.5) is 0 Å². The van der Waals surface area contributed by atoms with E-state index in [0.29, 0.717) is 5.92 Å². The molecule has 0 aromatic heterocycles. The highest BCUT2D eigenvalue weighted by Crippen LogP contribution is 2.45. The highest BCUT2D eigenvalue weighted by Gasteiger charge is 2.54. The molecule has 4 atom stereocenters. The standard InChI is InChI=1S/C14H21NO3/c1-8-5-10-11(6-8)14(18)15(13(10)17)12-4-2-3-9(12)7-16/h8-12,16H,2-7H2,1H3. The van der Waals surface area contributed by atoms with E-state index in [-0.39, 0.29) is 42.2 Å². The van der Waals surface area contributed by atoms with Crippen LogP contribution in [0.15, 0.2) is 0 Å². The minimum Gasteiger partial charge on any atom is -0.396 e. The molecule has 0 radical (unpaired) electrons. The van der Waals surface area contributed by atoms with Gasteiger partial charge in [-0.1, -0.05) is 13.3 Å². The normalized spacial score (nSPS) is 43.9. The van der Waals surface area contributed by atoms with Crippen LogP contribution in [0.25, 0.3) is 0 Å². The van der Waals surface area contributed by atoms with Crippen LogP contribution in [0.2, 0.25) is 0 Å². The number of nitrogens with zero attached hydrogens (tertiary/aromatic N) is 1. The first-order valence-electron chi connectivity index (χ1n) is 7.11. The van der Waals surface area contributed by atoms with Crippen molar-refractivity contribution in [2.75, 3.05) is 6.61 Å². The molecule has 0 bridgehead atoms. The lowest BCUT2D eigenvalue weighted by Gasteiger charge is -2.28. The van der Waals surface area contributed by atoms with Gasteiger partial charge in [-0.05, 0) is 31.6 Å². The Bertz CT molecular complexity index is 357. The van der Waals surface area contributed by atoms with Crippen molar-refractivity contribution in [3.8, 4) is 0 Å². The molecule has 3 fully saturated rings. The van der Waals surface area contributed by atoms with Gasteiger partial charge in [0.2, 0.25) is 11.8 Å². The number of likely N-dealkylation sites (tertiary alicyclic amines) is 1. The largest absolute Gasteiger partial charge is 0.396 e. The SMILES string of the molecule is CC1CC2C(=O)N(C3CCCC3CO)C(=O)C2C1. The van der Waals surface area contributed by atoms with Gasteiger partial charge in [0.15, 0.2) is 0 Å². The highest BCUT2D eigenvalue weighted by atomic mass is 16.3. The number of aliphatic hydroxyl groups excluding tert-OH is 1. The van der Waals surface area contributed by atoms with Gasteiger partial charge in [0, 0.05) is 18.6 Å². The van der Waals surface area contributed by atoms with Crippen LogP contribution >= 0.6 is 0 Å². The second-order valence-corrected chi connectivity index (χ2v) is 6.28. The lowest BCUT2D eigenvalue weighted by Crippen LogP contribution is -2.44. The molecule has 4 unspecified atom stereocenters. The predicted octanol–water partition coefficient (Wildman–Crippen LogP) is 1.18. The Balaban J connectivity index is 1.82. The summed E-state index contributed by atoms with van der Waals surface area (Å²) in [6, 6.07) is -0.0316. The molecule has 0 aromatic carbocycles. The number of carbonyl (C=O) groups is 2. The van der Waals surface area contributed by atoms with Crippen LogP contribution in [0.5, 0.6) is 0 Å². The zero-order chi connectivity index (χ0) is 12.9. The highest BCUT2D eigenvalue weighted by molar-refractivity contribution is 6.05. The van der Waals surface area contributed by atoms with Crippen LogP contribution in [-0.2, 0) is 9.59 Å². The lowest BCUT2D eigenvalue weighted by molar-refractivity contribution is -0.144. The summed E-state index contributed by atoms with van der Waals surface area (Å²) in [5, 5.41) is 9.37. The first-order chi connectivity index (χ1) is 8.63. The van der Waals surface area contributed by atoms with Gasteiger partial charge in [-0.3, -0.25) is 14.5 Å². The summed E-state index contributed by atoms with van der Waals surface area (Å²) in [5.41, 5.74) is 0. The maximum Gasteiger partial charge on any atom is 0.233 e. The van der Waals surface area contributed by atoms with E-state index in [2.05, 4.69) is 6.92 Å². The molecule has 1 aliphatic heterocycles. The van der Waals surface area contributed by atoms with E-state index in [9.17, 15) is 14.7 Å². The Kier molecular flexibility index (Phi) is 2.93. The summed E-state index contributed by atoms with van der Waals surface area (Å²) in [5.74, 6) is 0.556. The smallest absolute Gasteiger partial charge is 0.233 e. The fourth-order valence-corrected chi connectivity index (χ4v) is 4.20. The summed E-state index contributed by atoms with van der Waals surface area (Å²) in [7, 11) is 0. The molecule has 100 valence electrons. The van der Waals surface area contributed by atoms with E-state index in [1.165, 1.54) is 4.90 Å². The van der Waals surface area contributed by atoms with Crippen LogP contribution in [0, 0.1) is 23.7 Å². The number of imide groups is 1. The fourth-order valence-electron chi connectivity index (χ4n) is 4.20. The number of hydrogen-bond donors (Lipinski definition) is 1. The number of aliphatic hydroxyl groups is 1. The molecular formula is C14H21NO3. The maximum absolute atomic E-state index is 12.4. The van der Waals surface area contributed by atoms with Crippen LogP contribution in [-0.4, -0.2) is 34.5 Å². The molecule has 4 heteroatoms. The van der Waals surface area contributed by atoms with Crippen LogP contribution in [0.3, 0.4) is 0 Å². The molecule has 2 amide bonds. The third-order valence-corrected chi connectivity index (χ3v) is 5.09. The molecule has 18 heavy (non-hydrogen) atoms. The lowest BCUT2D eigenvalue weighted by atomic mass is 10.00. The number of hydrogen-bond acceptors (Lipinski definition) is 3. The Morgan fingerprint density at radius 2 is 1.78 bits per heavy atom. The number of rotatable bonds is 2. The van der Waals surface area contributed by atoms with Gasteiger partial charge < -0.3 is 5.11 Å². The molecule has 1 heterocycles. The van der Waals surface area contributed by atoms with E-state index >= 15 is 0 Å². The summed E-state index contributed by atoms with van der Waals surface area (Å²) in [4.78, 5) is 26.4. The summed E-state index contributed by atoms with van der Waals surface area (Å²) < 4.78 is 0. The quantitative estimate of drug-likeness (QED) is 0.750. The number of carbonyl (C=O) groups excluding carboxylic acids is 2. The molecule has 3 rings (SSSR count). The van der Waals surface area contributed by atoms with Gasteiger partial charge in [-0.2, -0.15) is 0 Å². The second kappa shape index (κ2) is 4.34. The van der Waals surface area contributed by atoms with Crippen molar-refractivity contribution in [1.82, 2.24) is 4.90 Å². The summed E-state index contributed by atoms with van der Waals surface area (Å²) in [6.45, 7) is 2.21. The molecule has 2 aliphatic carbocycles. The Hall–Kier alpha value is -0.900. The van der Waals surface area contributed by atoms with Crippen LogP contribution in [0.1, 0.15) is 39.0 Å². The Morgan fingerprint density at radius 3 is 2.33 bits per heavy atom. The zero-order valence-corrected chi connectivity index (χ0v) is 10.8. The van der Waals surface area contributed by atoms with Crippen molar-refractivity contribution >= 4 is 11.8 Å². The summed E-state index contributed by atoms with van der Waals surface area (Å²) in [6.07, 6.45) is 4.55. The van der Waals surface area contributed by atoms with Crippen molar-refractivity contribution in [1.29, 1.82) is 0 Å². The Labute approximate surface area is 107 Å². The van der Waals surface area contributed by atoms with E-state index < -0.39 is 0 Å². The Morgan fingerprint density at radius 1 is 1.17 bits per heavy atom. The molecule has 1 N–H and O–H groups in total. The van der Waals surface area contributed by atoms with Gasteiger partial charge >= 0.3 is 0 Å². The minimum absolute atomic E-state index is 0.0316. The second-order valence-electron chi connectivity index (χ2n) is 6.28. The van der Waals surface area contributed by atoms with Crippen molar-refractivity contribution in [3.05, 3.63) is 0 Å². The average Bonchev–Trinajstić information content (AvgIpc) is 2.99. The monoisotopic (exact) mass is 251 g/mol. The molecule has 2 saturated carbocycles. The first-order valence-corrected chi connectivity index (χ1v) is 7.11. The van der Waals surface area contributed by atoms with Crippen molar-refractivity contribution in [2.24, 2.45) is 23.7 Å². The molecular weight excluding hydrogens is 230 g/mol. The fraction of sp³-hybridized carbons (Fsp3) is 0.857. The third kappa shape index (κ3) is 1.62. The topological polar surface area (TPSA) is 57.6 Å².